The predicted octanol–water partition coefficient (Wildman–Crippen LogP) is 3.42. The van der Waals surface area contributed by atoms with Crippen molar-refractivity contribution in [1.82, 2.24) is 5.32 Å². The van der Waals surface area contributed by atoms with Crippen molar-refractivity contribution in [2.45, 2.75) is 44.4 Å². The number of hydrogen-bond donors (Lipinski definition) is 1. The molecular formula is C16H23N. The molecule has 0 aromatic heterocycles. The van der Waals surface area contributed by atoms with Gasteiger partial charge in [-0.2, -0.15) is 0 Å². The second-order valence-electron chi connectivity index (χ2n) is 6.11. The molecule has 1 saturated carbocycles. The molecule has 1 aliphatic heterocycles. The van der Waals surface area contributed by atoms with Gasteiger partial charge in [-0.05, 0) is 24.8 Å². The molecule has 1 aromatic rings. The van der Waals surface area contributed by atoms with Crippen LogP contribution in [0, 0.1) is 12.8 Å². The molecule has 92 valence electrons. The minimum absolute atomic E-state index is 0.459. The van der Waals surface area contributed by atoms with Gasteiger partial charge in [0.25, 0.3) is 0 Å². The van der Waals surface area contributed by atoms with Gasteiger partial charge >= 0.3 is 0 Å². The fourth-order valence-electron chi connectivity index (χ4n) is 3.64. The highest BCUT2D eigenvalue weighted by Gasteiger charge is 2.40. The molecular weight excluding hydrogens is 206 g/mol. The van der Waals surface area contributed by atoms with Crippen molar-refractivity contribution < 1.29 is 0 Å². The van der Waals surface area contributed by atoms with Gasteiger partial charge in [-0.15, -0.1) is 0 Å². The first-order chi connectivity index (χ1) is 8.28. The summed E-state index contributed by atoms with van der Waals surface area (Å²) in [6.07, 6.45) is 7.26. The topological polar surface area (TPSA) is 12.0 Å². The lowest BCUT2D eigenvalue weighted by molar-refractivity contribution is 0.218. The van der Waals surface area contributed by atoms with E-state index < -0.39 is 0 Å². The number of nitrogens with one attached hydrogen (secondary N) is 1. The Labute approximate surface area is 105 Å². The third kappa shape index (κ3) is 2.13. The Kier molecular flexibility index (Phi) is 2.96. The average Bonchev–Trinajstić information content (AvgIpc) is 2.76. The summed E-state index contributed by atoms with van der Waals surface area (Å²) in [6.45, 7) is 4.58. The Hall–Kier alpha value is -0.820. The van der Waals surface area contributed by atoms with Crippen LogP contribution >= 0.6 is 0 Å². The molecule has 0 spiro atoms. The van der Waals surface area contributed by atoms with E-state index in [1.54, 1.807) is 5.56 Å². The van der Waals surface area contributed by atoms with E-state index in [0.29, 0.717) is 5.41 Å². The molecule has 1 N–H and O–H groups in total. The van der Waals surface area contributed by atoms with Crippen LogP contribution in [0.5, 0.6) is 0 Å². The molecule has 0 unspecified atom stereocenters. The zero-order chi connectivity index (χ0) is 11.7. The van der Waals surface area contributed by atoms with E-state index in [2.05, 4.69) is 36.5 Å². The summed E-state index contributed by atoms with van der Waals surface area (Å²) in [6, 6.07) is 9.16. The number of rotatable bonds is 3. The highest BCUT2D eigenvalue weighted by Crippen LogP contribution is 2.40. The molecule has 0 radical (unpaired) electrons. The van der Waals surface area contributed by atoms with Crippen LogP contribution in [0.2, 0.25) is 0 Å². The van der Waals surface area contributed by atoms with Crippen LogP contribution in [0.3, 0.4) is 0 Å². The van der Waals surface area contributed by atoms with E-state index in [0.717, 1.165) is 5.92 Å². The Morgan fingerprint density at radius 3 is 2.59 bits per heavy atom. The van der Waals surface area contributed by atoms with Gasteiger partial charge in [-0.3, -0.25) is 0 Å². The van der Waals surface area contributed by atoms with Crippen LogP contribution in [0.15, 0.2) is 24.3 Å². The van der Waals surface area contributed by atoms with Gasteiger partial charge < -0.3 is 5.32 Å². The number of aryl methyl sites for hydroxylation is 1. The highest BCUT2D eigenvalue weighted by atomic mass is 15.0. The molecule has 1 saturated heterocycles. The largest absolute Gasteiger partial charge is 0.315 e. The molecule has 1 aliphatic carbocycles. The van der Waals surface area contributed by atoms with E-state index in [1.165, 1.54) is 50.8 Å². The predicted molar refractivity (Wildman–Crippen MR) is 72.3 cm³/mol. The maximum Gasteiger partial charge on any atom is 0.0205 e. The van der Waals surface area contributed by atoms with Crippen molar-refractivity contribution in [3.05, 3.63) is 35.4 Å². The lowest BCUT2D eigenvalue weighted by Gasteiger charge is -2.45. The van der Waals surface area contributed by atoms with E-state index >= 15 is 0 Å². The van der Waals surface area contributed by atoms with Crippen molar-refractivity contribution in [2.75, 3.05) is 13.1 Å². The van der Waals surface area contributed by atoms with Gasteiger partial charge in [0.05, 0.1) is 0 Å². The summed E-state index contributed by atoms with van der Waals surface area (Å²) in [5.74, 6) is 0.984. The minimum atomic E-state index is 0.459. The molecule has 0 amide bonds. The lowest BCUT2D eigenvalue weighted by atomic mass is 9.69. The molecule has 3 rings (SSSR count). The summed E-state index contributed by atoms with van der Waals surface area (Å²) >= 11 is 0. The SMILES string of the molecule is Cc1cccc(C2(CC3CCCC3)CNC2)c1. The molecule has 17 heavy (non-hydrogen) atoms. The van der Waals surface area contributed by atoms with Crippen LogP contribution in [-0.4, -0.2) is 13.1 Å². The molecule has 0 atom stereocenters. The zero-order valence-electron chi connectivity index (χ0n) is 10.8. The van der Waals surface area contributed by atoms with Gasteiger partial charge in [0.15, 0.2) is 0 Å². The van der Waals surface area contributed by atoms with Crippen molar-refractivity contribution in [1.29, 1.82) is 0 Å². The smallest absolute Gasteiger partial charge is 0.0205 e. The van der Waals surface area contributed by atoms with Crippen molar-refractivity contribution >= 4 is 0 Å². The molecule has 1 heteroatoms. The van der Waals surface area contributed by atoms with Gasteiger partial charge in [-0.25, -0.2) is 0 Å². The second-order valence-corrected chi connectivity index (χ2v) is 6.11. The molecule has 2 aliphatic rings. The first-order valence-electron chi connectivity index (χ1n) is 7.06. The van der Waals surface area contributed by atoms with Gasteiger partial charge in [0.2, 0.25) is 0 Å². The second kappa shape index (κ2) is 4.45. The monoisotopic (exact) mass is 229 g/mol. The van der Waals surface area contributed by atoms with Gasteiger partial charge in [-0.1, -0.05) is 55.5 Å². The Morgan fingerprint density at radius 2 is 2.00 bits per heavy atom. The molecule has 1 aromatic carbocycles. The molecule has 1 heterocycles. The van der Waals surface area contributed by atoms with Crippen molar-refractivity contribution in [3.63, 3.8) is 0 Å². The first-order valence-corrected chi connectivity index (χ1v) is 7.06. The van der Waals surface area contributed by atoms with Gasteiger partial charge in [0, 0.05) is 18.5 Å². The summed E-state index contributed by atoms with van der Waals surface area (Å²) in [5.41, 5.74) is 3.43. The van der Waals surface area contributed by atoms with Crippen LogP contribution < -0.4 is 5.32 Å². The summed E-state index contributed by atoms with van der Waals surface area (Å²) in [7, 11) is 0. The summed E-state index contributed by atoms with van der Waals surface area (Å²) in [5, 5.41) is 3.49. The fourth-order valence-corrected chi connectivity index (χ4v) is 3.64. The summed E-state index contributed by atoms with van der Waals surface area (Å²) in [4.78, 5) is 0. The Bertz CT molecular complexity index is 386. The number of benzene rings is 1. The van der Waals surface area contributed by atoms with Crippen LogP contribution in [-0.2, 0) is 5.41 Å². The van der Waals surface area contributed by atoms with Crippen molar-refractivity contribution in [2.24, 2.45) is 5.92 Å². The first kappa shape index (κ1) is 11.3. The van der Waals surface area contributed by atoms with Crippen LogP contribution in [0.1, 0.15) is 43.2 Å². The van der Waals surface area contributed by atoms with Crippen molar-refractivity contribution in [3.8, 4) is 0 Å². The molecule has 1 nitrogen and oxygen atoms in total. The Balaban J connectivity index is 1.81. The maximum absolute atomic E-state index is 3.49. The third-order valence-corrected chi connectivity index (χ3v) is 4.71. The van der Waals surface area contributed by atoms with Crippen LogP contribution in [0.4, 0.5) is 0 Å². The molecule has 2 fully saturated rings. The Morgan fingerprint density at radius 1 is 1.24 bits per heavy atom. The lowest BCUT2D eigenvalue weighted by Crippen LogP contribution is -2.57. The van der Waals surface area contributed by atoms with Crippen LogP contribution in [0.25, 0.3) is 0 Å². The van der Waals surface area contributed by atoms with E-state index in [-0.39, 0.29) is 0 Å². The van der Waals surface area contributed by atoms with E-state index in [9.17, 15) is 0 Å². The highest BCUT2D eigenvalue weighted by molar-refractivity contribution is 5.33. The minimum Gasteiger partial charge on any atom is -0.315 e. The van der Waals surface area contributed by atoms with E-state index in [1.807, 2.05) is 0 Å². The zero-order valence-corrected chi connectivity index (χ0v) is 10.8. The third-order valence-electron chi connectivity index (χ3n) is 4.71. The van der Waals surface area contributed by atoms with Gasteiger partial charge in [0.1, 0.15) is 0 Å². The van der Waals surface area contributed by atoms with E-state index in [4.69, 9.17) is 0 Å². The average molecular weight is 229 g/mol. The standard InChI is InChI=1S/C16H23N/c1-13-5-4-8-15(9-13)16(11-17-12-16)10-14-6-2-3-7-14/h4-5,8-9,14,17H,2-3,6-7,10-12H2,1H3. The maximum atomic E-state index is 3.49. The summed E-state index contributed by atoms with van der Waals surface area (Å²) < 4.78 is 0. The number of hydrogen-bond acceptors (Lipinski definition) is 1. The fraction of sp³-hybridized carbons (Fsp3) is 0.625. The normalized spacial score (nSPS) is 23.6. The quantitative estimate of drug-likeness (QED) is 0.837. The molecule has 0 bridgehead atoms.